The minimum Gasteiger partial charge on any atom is -0.362 e. The number of amides is 2. The van der Waals surface area contributed by atoms with Crippen LogP contribution in [0.1, 0.15) is 12.8 Å². The number of nitrogens with zero attached hydrogens (tertiary/aromatic N) is 4. The van der Waals surface area contributed by atoms with Gasteiger partial charge in [0.25, 0.3) is 11.8 Å². The van der Waals surface area contributed by atoms with E-state index in [0.717, 1.165) is 51.4 Å². The van der Waals surface area contributed by atoms with Crippen LogP contribution in [0.4, 0.5) is 5.82 Å². The molecule has 0 unspecified atom stereocenters. The van der Waals surface area contributed by atoms with Crippen molar-refractivity contribution in [3.8, 4) is 11.1 Å². The van der Waals surface area contributed by atoms with E-state index in [0.29, 0.717) is 6.54 Å². The standard InChI is InChI=1S/C23H28N4O3/c28-21-17-30-18-22(29)27(21)12-5-4-11-25-13-15-26(16-14-25)23-20(9-6-10-24-23)19-7-2-1-3-8-19/h1-3,6-10H,4-5,11-18H2. The lowest BCUT2D eigenvalue weighted by Crippen LogP contribution is -2.48. The highest BCUT2D eigenvalue weighted by Gasteiger charge is 2.26. The molecule has 3 heterocycles. The first-order valence-corrected chi connectivity index (χ1v) is 10.6. The molecule has 7 heteroatoms. The number of piperazine rings is 1. The first kappa shape index (κ1) is 20.5. The fraction of sp³-hybridized carbons (Fsp3) is 0.435. The van der Waals surface area contributed by atoms with E-state index >= 15 is 0 Å². The normalized spacial score (nSPS) is 18.1. The fourth-order valence-corrected chi connectivity index (χ4v) is 4.05. The topological polar surface area (TPSA) is 66.0 Å². The van der Waals surface area contributed by atoms with Crippen LogP contribution in [-0.2, 0) is 14.3 Å². The zero-order valence-electron chi connectivity index (χ0n) is 17.2. The number of pyridine rings is 1. The summed E-state index contributed by atoms with van der Waals surface area (Å²) in [5.41, 5.74) is 2.36. The van der Waals surface area contributed by atoms with Crippen LogP contribution in [0.3, 0.4) is 0 Å². The summed E-state index contributed by atoms with van der Waals surface area (Å²) in [6, 6.07) is 14.5. The van der Waals surface area contributed by atoms with Gasteiger partial charge in [-0.15, -0.1) is 0 Å². The number of ether oxygens (including phenoxy) is 1. The Bertz CT molecular complexity index is 850. The Morgan fingerprint density at radius 3 is 2.27 bits per heavy atom. The molecule has 0 spiro atoms. The van der Waals surface area contributed by atoms with Gasteiger partial charge < -0.3 is 9.64 Å². The highest BCUT2D eigenvalue weighted by atomic mass is 16.5. The molecule has 0 N–H and O–H groups in total. The Morgan fingerprint density at radius 2 is 1.53 bits per heavy atom. The van der Waals surface area contributed by atoms with Gasteiger partial charge in [0.1, 0.15) is 19.0 Å². The van der Waals surface area contributed by atoms with Crippen molar-refractivity contribution in [2.75, 3.05) is 57.4 Å². The molecule has 158 valence electrons. The number of morpholine rings is 1. The molecule has 0 aliphatic carbocycles. The van der Waals surface area contributed by atoms with Gasteiger partial charge in [0.2, 0.25) is 0 Å². The van der Waals surface area contributed by atoms with Crippen LogP contribution in [0.2, 0.25) is 0 Å². The zero-order valence-corrected chi connectivity index (χ0v) is 17.2. The number of rotatable bonds is 7. The number of anilines is 1. The number of hydrogen-bond donors (Lipinski definition) is 0. The Morgan fingerprint density at radius 1 is 0.833 bits per heavy atom. The molecule has 0 bridgehead atoms. The maximum absolute atomic E-state index is 11.8. The SMILES string of the molecule is O=C1COCC(=O)N1CCCCN1CCN(c2ncccc2-c2ccccc2)CC1. The summed E-state index contributed by atoms with van der Waals surface area (Å²) in [5.74, 6) is 0.613. The largest absolute Gasteiger partial charge is 0.362 e. The molecule has 7 nitrogen and oxygen atoms in total. The molecule has 30 heavy (non-hydrogen) atoms. The van der Waals surface area contributed by atoms with Crippen LogP contribution in [0, 0.1) is 0 Å². The molecule has 2 saturated heterocycles. The van der Waals surface area contributed by atoms with Gasteiger partial charge in [0, 0.05) is 44.5 Å². The maximum atomic E-state index is 11.8. The van der Waals surface area contributed by atoms with Crippen molar-refractivity contribution in [1.82, 2.24) is 14.8 Å². The number of imide groups is 1. The van der Waals surface area contributed by atoms with Crippen molar-refractivity contribution < 1.29 is 14.3 Å². The van der Waals surface area contributed by atoms with Gasteiger partial charge in [-0.05, 0) is 37.1 Å². The molecule has 2 aliphatic heterocycles. The second kappa shape index (κ2) is 9.82. The van der Waals surface area contributed by atoms with Gasteiger partial charge in [-0.2, -0.15) is 0 Å². The van der Waals surface area contributed by atoms with Crippen molar-refractivity contribution in [1.29, 1.82) is 0 Å². The molecule has 0 atom stereocenters. The zero-order chi connectivity index (χ0) is 20.8. The molecule has 2 fully saturated rings. The third-order valence-electron chi connectivity index (χ3n) is 5.70. The van der Waals surface area contributed by atoms with Crippen molar-refractivity contribution >= 4 is 17.6 Å². The molecule has 2 aliphatic rings. The van der Waals surface area contributed by atoms with Crippen LogP contribution < -0.4 is 4.90 Å². The average molecular weight is 409 g/mol. The molecule has 4 rings (SSSR count). The maximum Gasteiger partial charge on any atom is 0.255 e. The van der Waals surface area contributed by atoms with E-state index < -0.39 is 0 Å². The van der Waals surface area contributed by atoms with E-state index in [1.807, 2.05) is 18.3 Å². The molecule has 1 aromatic heterocycles. The minimum atomic E-state index is -0.218. The summed E-state index contributed by atoms with van der Waals surface area (Å²) in [6.45, 7) is 5.37. The monoisotopic (exact) mass is 408 g/mol. The predicted octanol–water partition coefficient (Wildman–Crippen LogP) is 2.04. The molecular formula is C23H28N4O3. The minimum absolute atomic E-state index is 0.0200. The van der Waals surface area contributed by atoms with E-state index in [9.17, 15) is 9.59 Å². The highest BCUT2D eigenvalue weighted by Crippen LogP contribution is 2.29. The fourth-order valence-electron chi connectivity index (χ4n) is 4.05. The smallest absolute Gasteiger partial charge is 0.255 e. The van der Waals surface area contributed by atoms with E-state index in [2.05, 4.69) is 45.1 Å². The van der Waals surface area contributed by atoms with Crippen LogP contribution in [0.5, 0.6) is 0 Å². The van der Waals surface area contributed by atoms with Crippen LogP contribution in [0.15, 0.2) is 48.7 Å². The van der Waals surface area contributed by atoms with Gasteiger partial charge >= 0.3 is 0 Å². The highest BCUT2D eigenvalue weighted by molar-refractivity contribution is 5.98. The molecule has 2 amide bonds. The lowest BCUT2D eigenvalue weighted by molar-refractivity contribution is -0.158. The van der Waals surface area contributed by atoms with E-state index in [4.69, 9.17) is 4.74 Å². The number of carbonyl (C=O) groups is 2. The summed E-state index contributed by atoms with van der Waals surface area (Å²) in [7, 11) is 0. The predicted molar refractivity (Wildman–Crippen MR) is 115 cm³/mol. The lowest BCUT2D eigenvalue weighted by Gasteiger charge is -2.36. The van der Waals surface area contributed by atoms with E-state index in [-0.39, 0.29) is 25.0 Å². The van der Waals surface area contributed by atoms with Gasteiger partial charge in [0.05, 0.1) is 0 Å². The second-order valence-electron chi connectivity index (χ2n) is 7.71. The van der Waals surface area contributed by atoms with Gasteiger partial charge in [-0.3, -0.25) is 19.4 Å². The van der Waals surface area contributed by atoms with Crippen molar-refractivity contribution in [3.63, 3.8) is 0 Å². The Balaban J connectivity index is 1.25. The first-order valence-electron chi connectivity index (χ1n) is 10.6. The number of aromatic nitrogens is 1. The Kier molecular flexibility index (Phi) is 6.71. The summed E-state index contributed by atoms with van der Waals surface area (Å²) in [4.78, 5) is 34.3. The van der Waals surface area contributed by atoms with Gasteiger partial charge in [-0.25, -0.2) is 4.98 Å². The molecular weight excluding hydrogens is 380 g/mol. The number of hydrogen-bond acceptors (Lipinski definition) is 6. The Hall–Kier alpha value is -2.77. The van der Waals surface area contributed by atoms with Crippen molar-refractivity contribution in [3.05, 3.63) is 48.7 Å². The second-order valence-corrected chi connectivity index (χ2v) is 7.71. The summed E-state index contributed by atoms with van der Waals surface area (Å²) in [5, 5.41) is 0. The van der Waals surface area contributed by atoms with Gasteiger partial charge in [0.15, 0.2) is 0 Å². The average Bonchev–Trinajstić information content (AvgIpc) is 2.79. The number of unbranched alkanes of at least 4 members (excludes halogenated alkanes) is 1. The lowest BCUT2D eigenvalue weighted by atomic mass is 10.1. The van der Waals surface area contributed by atoms with Crippen molar-refractivity contribution in [2.24, 2.45) is 0 Å². The van der Waals surface area contributed by atoms with Crippen LogP contribution in [0.25, 0.3) is 11.1 Å². The summed E-state index contributed by atoms with van der Waals surface area (Å²) in [6.07, 6.45) is 3.66. The number of carbonyl (C=O) groups excluding carboxylic acids is 2. The van der Waals surface area contributed by atoms with E-state index in [1.54, 1.807) is 0 Å². The molecule has 0 radical (unpaired) electrons. The summed E-state index contributed by atoms with van der Waals surface area (Å²) >= 11 is 0. The van der Waals surface area contributed by atoms with Gasteiger partial charge in [-0.1, -0.05) is 30.3 Å². The third kappa shape index (κ3) is 4.86. The van der Waals surface area contributed by atoms with Crippen molar-refractivity contribution in [2.45, 2.75) is 12.8 Å². The number of benzene rings is 1. The van der Waals surface area contributed by atoms with Crippen LogP contribution in [-0.4, -0.2) is 79.1 Å². The summed E-state index contributed by atoms with van der Waals surface area (Å²) < 4.78 is 4.95. The Labute approximate surface area is 177 Å². The molecule has 1 aromatic carbocycles. The molecule has 2 aromatic rings. The van der Waals surface area contributed by atoms with E-state index in [1.165, 1.54) is 16.0 Å². The quantitative estimate of drug-likeness (QED) is 0.516. The van der Waals surface area contributed by atoms with Crippen LogP contribution >= 0.6 is 0 Å². The first-order chi connectivity index (χ1) is 14.7. The third-order valence-corrected chi connectivity index (χ3v) is 5.70. The molecule has 0 saturated carbocycles.